The number of rotatable bonds is 3. The Bertz CT molecular complexity index is 163. The number of nitrogens with zero attached hydrogens (tertiary/aromatic N) is 1. The van der Waals surface area contributed by atoms with Crippen molar-refractivity contribution in [1.82, 2.24) is 4.90 Å². The van der Waals surface area contributed by atoms with E-state index in [-0.39, 0.29) is 0 Å². The van der Waals surface area contributed by atoms with E-state index >= 15 is 0 Å². The Hall–Kier alpha value is -0.0800. The molecular weight excluding hydrogens is 172 g/mol. The molecule has 0 aromatic carbocycles. The zero-order valence-electron chi connectivity index (χ0n) is 9.47. The van der Waals surface area contributed by atoms with E-state index in [1.165, 1.54) is 51.6 Å². The van der Waals surface area contributed by atoms with E-state index < -0.39 is 0 Å². The molecule has 2 N–H and O–H groups in total. The quantitative estimate of drug-likeness (QED) is 0.748. The maximum atomic E-state index is 6.02. The van der Waals surface area contributed by atoms with Crippen molar-refractivity contribution in [3.8, 4) is 0 Å². The summed E-state index contributed by atoms with van der Waals surface area (Å²) in [6, 6.07) is 0. The van der Waals surface area contributed by atoms with Crippen LogP contribution in [0.5, 0.6) is 0 Å². The molecule has 0 amide bonds. The van der Waals surface area contributed by atoms with Gasteiger partial charge in [0.15, 0.2) is 0 Å². The molecule has 1 heterocycles. The van der Waals surface area contributed by atoms with Gasteiger partial charge in [-0.1, -0.05) is 12.8 Å². The summed E-state index contributed by atoms with van der Waals surface area (Å²) in [5, 5.41) is 0. The molecule has 0 spiro atoms. The van der Waals surface area contributed by atoms with E-state index in [9.17, 15) is 0 Å². The summed E-state index contributed by atoms with van der Waals surface area (Å²) in [4.78, 5) is 2.66. The third-order valence-electron chi connectivity index (χ3n) is 4.48. The standard InChI is InChI=1S/C12H24N2/c1-12(10-13,11-6-2-3-7-11)14-8-4-5-9-14/h11H,2-10,13H2,1H3. The average molecular weight is 196 g/mol. The van der Waals surface area contributed by atoms with Gasteiger partial charge in [0.2, 0.25) is 0 Å². The first kappa shape index (κ1) is 10.4. The van der Waals surface area contributed by atoms with Crippen LogP contribution in [0.1, 0.15) is 45.4 Å². The molecule has 2 rings (SSSR count). The van der Waals surface area contributed by atoms with E-state index in [4.69, 9.17) is 5.73 Å². The Morgan fingerprint density at radius 3 is 2.21 bits per heavy atom. The highest BCUT2D eigenvalue weighted by atomic mass is 15.2. The Morgan fingerprint density at radius 2 is 1.71 bits per heavy atom. The first-order valence-corrected chi connectivity index (χ1v) is 6.22. The lowest BCUT2D eigenvalue weighted by Gasteiger charge is -2.43. The minimum Gasteiger partial charge on any atom is -0.329 e. The van der Waals surface area contributed by atoms with Crippen molar-refractivity contribution in [2.45, 2.75) is 51.0 Å². The van der Waals surface area contributed by atoms with E-state index in [0.29, 0.717) is 5.54 Å². The van der Waals surface area contributed by atoms with Crippen molar-refractivity contribution in [3.63, 3.8) is 0 Å². The van der Waals surface area contributed by atoms with Crippen molar-refractivity contribution >= 4 is 0 Å². The lowest BCUT2D eigenvalue weighted by molar-refractivity contribution is 0.0791. The molecule has 14 heavy (non-hydrogen) atoms. The van der Waals surface area contributed by atoms with Crippen molar-refractivity contribution < 1.29 is 0 Å². The Balaban J connectivity index is 2.06. The molecule has 82 valence electrons. The van der Waals surface area contributed by atoms with E-state index in [1.807, 2.05) is 0 Å². The van der Waals surface area contributed by atoms with Crippen molar-refractivity contribution in [3.05, 3.63) is 0 Å². The molecule has 1 aliphatic carbocycles. The summed E-state index contributed by atoms with van der Waals surface area (Å²) in [6.07, 6.45) is 8.42. The van der Waals surface area contributed by atoms with Crippen LogP contribution < -0.4 is 5.73 Å². The third kappa shape index (κ3) is 1.70. The molecule has 2 aliphatic rings. The van der Waals surface area contributed by atoms with Gasteiger partial charge in [0.1, 0.15) is 0 Å². The fourth-order valence-corrected chi connectivity index (χ4v) is 3.33. The smallest absolute Gasteiger partial charge is 0.0331 e. The Kier molecular flexibility index (Phi) is 3.13. The summed E-state index contributed by atoms with van der Waals surface area (Å²) in [7, 11) is 0. The van der Waals surface area contributed by atoms with Gasteiger partial charge in [-0.25, -0.2) is 0 Å². The monoisotopic (exact) mass is 196 g/mol. The molecule has 2 fully saturated rings. The van der Waals surface area contributed by atoms with Crippen molar-refractivity contribution in [1.29, 1.82) is 0 Å². The van der Waals surface area contributed by atoms with Crippen LogP contribution in [0.25, 0.3) is 0 Å². The van der Waals surface area contributed by atoms with Crippen molar-refractivity contribution in [2.24, 2.45) is 11.7 Å². The first-order valence-electron chi connectivity index (χ1n) is 6.22. The van der Waals surface area contributed by atoms with Crippen LogP contribution >= 0.6 is 0 Å². The highest BCUT2D eigenvalue weighted by molar-refractivity contribution is 4.97. The second-order valence-electron chi connectivity index (χ2n) is 5.24. The predicted molar refractivity (Wildman–Crippen MR) is 60.2 cm³/mol. The first-order chi connectivity index (χ1) is 6.77. The van der Waals surface area contributed by atoms with Crippen molar-refractivity contribution in [2.75, 3.05) is 19.6 Å². The molecule has 1 saturated carbocycles. The Morgan fingerprint density at radius 1 is 1.14 bits per heavy atom. The van der Waals surface area contributed by atoms with Gasteiger partial charge >= 0.3 is 0 Å². The summed E-state index contributed by atoms with van der Waals surface area (Å²) in [6.45, 7) is 5.81. The maximum Gasteiger partial charge on any atom is 0.0331 e. The topological polar surface area (TPSA) is 29.3 Å². The van der Waals surface area contributed by atoms with Gasteiger partial charge in [-0.05, 0) is 51.6 Å². The SMILES string of the molecule is CC(CN)(C1CCCC1)N1CCCC1. The number of hydrogen-bond donors (Lipinski definition) is 1. The van der Waals surface area contributed by atoms with Crippen LogP contribution in [0.2, 0.25) is 0 Å². The zero-order valence-corrected chi connectivity index (χ0v) is 9.47. The molecule has 1 unspecified atom stereocenters. The van der Waals surface area contributed by atoms with E-state index in [1.54, 1.807) is 0 Å². The van der Waals surface area contributed by atoms with Crippen LogP contribution in [-0.4, -0.2) is 30.1 Å². The zero-order chi connectivity index (χ0) is 10.0. The second kappa shape index (κ2) is 4.19. The molecular formula is C12H24N2. The molecule has 2 heteroatoms. The van der Waals surface area contributed by atoms with Crippen LogP contribution in [-0.2, 0) is 0 Å². The minimum absolute atomic E-state index is 0.312. The Labute approximate surface area is 87.8 Å². The lowest BCUT2D eigenvalue weighted by atomic mass is 9.83. The highest BCUT2D eigenvalue weighted by Gasteiger charge is 2.40. The summed E-state index contributed by atoms with van der Waals surface area (Å²) in [5.74, 6) is 0.866. The summed E-state index contributed by atoms with van der Waals surface area (Å²) in [5.41, 5.74) is 6.34. The van der Waals surface area contributed by atoms with Gasteiger partial charge in [0.05, 0.1) is 0 Å². The maximum absolute atomic E-state index is 6.02. The fourth-order valence-electron chi connectivity index (χ4n) is 3.33. The largest absolute Gasteiger partial charge is 0.329 e. The average Bonchev–Trinajstić information content (AvgIpc) is 2.88. The lowest BCUT2D eigenvalue weighted by Crippen LogP contribution is -2.54. The minimum atomic E-state index is 0.312. The van der Waals surface area contributed by atoms with Gasteiger partial charge in [0.25, 0.3) is 0 Å². The summed E-state index contributed by atoms with van der Waals surface area (Å²) < 4.78 is 0. The molecule has 1 aliphatic heterocycles. The summed E-state index contributed by atoms with van der Waals surface area (Å²) >= 11 is 0. The molecule has 2 nitrogen and oxygen atoms in total. The normalized spacial score (nSPS) is 29.6. The number of likely N-dealkylation sites (tertiary alicyclic amines) is 1. The predicted octanol–water partition coefficient (Wildman–Crippen LogP) is 1.99. The number of hydrogen-bond acceptors (Lipinski definition) is 2. The fraction of sp³-hybridized carbons (Fsp3) is 1.00. The second-order valence-corrected chi connectivity index (χ2v) is 5.24. The van der Waals surface area contributed by atoms with Gasteiger partial charge in [-0.2, -0.15) is 0 Å². The molecule has 1 atom stereocenters. The van der Waals surface area contributed by atoms with Crippen LogP contribution in [0.4, 0.5) is 0 Å². The van der Waals surface area contributed by atoms with Crippen LogP contribution in [0, 0.1) is 5.92 Å². The van der Waals surface area contributed by atoms with E-state index in [2.05, 4.69) is 11.8 Å². The van der Waals surface area contributed by atoms with Gasteiger partial charge in [-0.3, -0.25) is 4.90 Å². The van der Waals surface area contributed by atoms with Gasteiger partial charge in [0, 0.05) is 12.1 Å². The van der Waals surface area contributed by atoms with Gasteiger partial charge < -0.3 is 5.73 Å². The van der Waals surface area contributed by atoms with Gasteiger partial charge in [-0.15, -0.1) is 0 Å². The van der Waals surface area contributed by atoms with Crippen LogP contribution in [0.3, 0.4) is 0 Å². The van der Waals surface area contributed by atoms with Crippen LogP contribution in [0.15, 0.2) is 0 Å². The molecule has 1 saturated heterocycles. The van der Waals surface area contributed by atoms with E-state index in [0.717, 1.165) is 12.5 Å². The molecule has 0 aromatic heterocycles. The molecule has 0 radical (unpaired) electrons. The molecule has 0 aromatic rings. The number of nitrogens with two attached hydrogens (primary N) is 1. The molecule has 0 bridgehead atoms. The highest BCUT2D eigenvalue weighted by Crippen LogP contribution is 2.38. The third-order valence-corrected chi connectivity index (χ3v) is 4.48.